The van der Waals surface area contributed by atoms with Crippen molar-refractivity contribution in [2.24, 2.45) is 0 Å². The molecule has 0 atom stereocenters. The Morgan fingerprint density at radius 2 is 1.93 bits per heavy atom. The Morgan fingerprint density at radius 3 is 2.43 bits per heavy atom. The fraction of sp³-hybridized carbons (Fsp3) is 0.909. The first-order chi connectivity index (χ1) is 6.77. The molecule has 0 unspecified atom stereocenters. The molecule has 2 aliphatic rings. The van der Waals surface area contributed by atoms with Crippen molar-refractivity contribution in [3.05, 3.63) is 0 Å². The highest BCUT2D eigenvalue weighted by Gasteiger charge is 2.53. The van der Waals surface area contributed by atoms with E-state index in [1.54, 1.807) is 0 Å². The van der Waals surface area contributed by atoms with Crippen molar-refractivity contribution in [2.75, 3.05) is 7.11 Å². The topological polar surface area (TPSA) is 26.3 Å². The molecule has 0 spiro atoms. The number of methoxy groups -OCH3 is 1. The first-order valence-corrected chi connectivity index (χ1v) is 6.41. The summed E-state index contributed by atoms with van der Waals surface area (Å²) in [5.41, 5.74) is 0. The van der Waals surface area contributed by atoms with E-state index >= 15 is 0 Å². The lowest BCUT2D eigenvalue weighted by Crippen LogP contribution is -2.24. The highest BCUT2D eigenvalue weighted by Crippen LogP contribution is 2.53. The predicted molar refractivity (Wildman–Crippen MR) is 58.4 cm³/mol. The minimum Gasteiger partial charge on any atom is -0.468 e. The maximum atomic E-state index is 11.5. The van der Waals surface area contributed by atoms with Crippen LogP contribution in [0.4, 0.5) is 0 Å². The van der Waals surface area contributed by atoms with E-state index in [1.807, 2.05) is 11.8 Å². The second-order valence-corrected chi connectivity index (χ2v) is 6.05. The zero-order chi connectivity index (χ0) is 10.0. The number of ether oxygens (including phenoxy) is 1. The number of hydrogen-bond acceptors (Lipinski definition) is 3. The predicted octanol–water partition coefficient (Wildman–Crippen LogP) is 2.76. The minimum absolute atomic E-state index is 0.00748. The van der Waals surface area contributed by atoms with Crippen LogP contribution in [0.2, 0.25) is 0 Å². The molecular formula is C11H18O2S. The van der Waals surface area contributed by atoms with Gasteiger partial charge in [0.15, 0.2) is 0 Å². The van der Waals surface area contributed by atoms with E-state index in [-0.39, 0.29) is 10.7 Å². The summed E-state index contributed by atoms with van der Waals surface area (Å²) in [5.74, 6) is 0.00748. The Hall–Kier alpha value is -0.180. The Bertz CT molecular complexity index is 217. The van der Waals surface area contributed by atoms with Gasteiger partial charge in [-0.2, -0.15) is 0 Å². The molecule has 14 heavy (non-hydrogen) atoms. The van der Waals surface area contributed by atoms with Crippen LogP contribution in [0.15, 0.2) is 0 Å². The van der Waals surface area contributed by atoms with Gasteiger partial charge in [-0.3, -0.25) is 4.79 Å². The standard InChI is InChI=1S/C11H18O2S/c1-13-10(12)11(7-8-11)14-9-5-3-2-4-6-9/h9H,2-8H2,1H3. The van der Waals surface area contributed by atoms with Crippen LogP contribution in [-0.4, -0.2) is 23.1 Å². The van der Waals surface area contributed by atoms with E-state index in [0.29, 0.717) is 5.25 Å². The summed E-state index contributed by atoms with van der Waals surface area (Å²) >= 11 is 1.89. The summed E-state index contributed by atoms with van der Waals surface area (Å²) < 4.78 is 4.73. The fourth-order valence-electron chi connectivity index (χ4n) is 2.17. The van der Waals surface area contributed by atoms with Crippen LogP contribution in [0, 0.1) is 0 Å². The summed E-state index contributed by atoms with van der Waals surface area (Å²) in [5, 5.41) is 0.713. The quantitative estimate of drug-likeness (QED) is 0.676. The van der Waals surface area contributed by atoms with E-state index in [9.17, 15) is 4.79 Å². The number of thioether (sulfide) groups is 1. The molecule has 0 saturated heterocycles. The number of hydrogen-bond donors (Lipinski definition) is 0. The second kappa shape index (κ2) is 4.13. The average Bonchev–Trinajstić information content (AvgIpc) is 2.99. The van der Waals surface area contributed by atoms with Gasteiger partial charge in [0.25, 0.3) is 0 Å². The monoisotopic (exact) mass is 214 g/mol. The molecule has 3 heteroatoms. The van der Waals surface area contributed by atoms with Gasteiger partial charge in [0.1, 0.15) is 4.75 Å². The molecule has 2 rings (SSSR count). The van der Waals surface area contributed by atoms with Gasteiger partial charge in [-0.15, -0.1) is 11.8 Å². The van der Waals surface area contributed by atoms with Crippen molar-refractivity contribution in [3.63, 3.8) is 0 Å². The third kappa shape index (κ3) is 2.08. The molecule has 0 amide bonds. The van der Waals surface area contributed by atoms with Gasteiger partial charge >= 0.3 is 5.97 Å². The Kier molecular flexibility index (Phi) is 3.05. The molecule has 0 radical (unpaired) electrons. The second-order valence-electron chi connectivity index (χ2n) is 4.36. The lowest BCUT2D eigenvalue weighted by Gasteiger charge is -2.24. The molecule has 80 valence electrons. The van der Waals surface area contributed by atoms with E-state index < -0.39 is 0 Å². The number of rotatable bonds is 3. The van der Waals surface area contributed by atoms with Crippen molar-refractivity contribution in [1.82, 2.24) is 0 Å². The van der Waals surface area contributed by atoms with Crippen molar-refractivity contribution in [3.8, 4) is 0 Å². The summed E-state index contributed by atoms with van der Waals surface area (Å²) in [7, 11) is 1.50. The maximum absolute atomic E-state index is 11.5. The lowest BCUT2D eigenvalue weighted by atomic mass is 10.0. The summed E-state index contributed by atoms with van der Waals surface area (Å²) in [6.07, 6.45) is 8.71. The van der Waals surface area contributed by atoms with Crippen LogP contribution in [0.5, 0.6) is 0 Å². The molecule has 0 heterocycles. The summed E-state index contributed by atoms with van der Waals surface area (Å²) in [6, 6.07) is 0. The van der Waals surface area contributed by atoms with Crippen LogP contribution in [0.25, 0.3) is 0 Å². The molecule has 2 saturated carbocycles. The van der Waals surface area contributed by atoms with Gasteiger partial charge in [-0.05, 0) is 25.7 Å². The summed E-state index contributed by atoms with van der Waals surface area (Å²) in [6.45, 7) is 0. The van der Waals surface area contributed by atoms with Gasteiger partial charge in [-0.25, -0.2) is 0 Å². The molecule has 2 nitrogen and oxygen atoms in total. The van der Waals surface area contributed by atoms with Crippen molar-refractivity contribution >= 4 is 17.7 Å². The third-order valence-corrected chi connectivity index (χ3v) is 5.04. The van der Waals surface area contributed by atoms with Crippen LogP contribution in [0.1, 0.15) is 44.9 Å². The van der Waals surface area contributed by atoms with Gasteiger partial charge in [0.2, 0.25) is 0 Å². The molecule has 0 bridgehead atoms. The Morgan fingerprint density at radius 1 is 1.29 bits per heavy atom. The molecular weight excluding hydrogens is 196 g/mol. The first kappa shape index (κ1) is 10.3. The van der Waals surface area contributed by atoms with Crippen LogP contribution in [-0.2, 0) is 9.53 Å². The third-order valence-electron chi connectivity index (χ3n) is 3.21. The Labute approximate surface area is 89.8 Å². The molecule has 2 aliphatic carbocycles. The van der Waals surface area contributed by atoms with Crippen LogP contribution in [0.3, 0.4) is 0 Å². The van der Waals surface area contributed by atoms with Crippen LogP contribution >= 0.6 is 11.8 Å². The highest BCUT2D eigenvalue weighted by atomic mass is 32.2. The minimum atomic E-state index is -0.128. The van der Waals surface area contributed by atoms with E-state index in [4.69, 9.17) is 4.74 Å². The summed E-state index contributed by atoms with van der Waals surface area (Å²) in [4.78, 5) is 11.5. The highest BCUT2D eigenvalue weighted by molar-refractivity contribution is 8.02. The molecule has 0 N–H and O–H groups in total. The van der Waals surface area contributed by atoms with Gasteiger partial charge < -0.3 is 4.74 Å². The lowest BCUT2D eigenvalue weighted by molar-refractivity contribution is -0.140. The maximum Gasteiger partial charge on any atom is 0.321 e. The molecule has 0 aromatic carbocycles. The van der Waals surface area contributed by atoms with Crippen molar-refractivity contribution in [1.29, 1.82) is 0 Å². The molecule has 0 aromatic heterocycles. The smallest absolute Gasteiger partial charge is 0.321 e. The first-order valence-electron chi connectivity index (χ1n) is 5.53. The fourth-order valence-corrected chi connectivity index (χ4v) is 3.90. The van der Waals surface area contributed by atoms with Gasteiger partial charge in [-0.1, -0.05) is 19.3 Å². The molecule has 2 fully saturated rings. The molecule has 0 aromatic rings. The van der Waals surface area contributed by atoms with E-state index in [2.05, 4.69) is 0 Å². The largest absolute Gasteiger partial charge is 0.468 e. The number of esters is 1. The van der Waals surface area contributed by atoms with E-state index in [0.717, 1.165) is 12.8 Å². The number of carbonyl (C=O) groups is 1. The normalized spacial score (nSPS) is 25.8. The van der Waals surface area contributed by atoms with Crippen molar-refractivity contribution in [2.45, 2.75) is 54.9 Å². The SMILES string of the molecule is COC(=O)C1(SC2CCCCC2)CC1. The van der Waals surface area contributed by atoms with Gasteiger partial charge in [0, 0.05) is 5.25 Å². The average molecular weight is 214 g/mol. The van der Waals surface area contributed by atoms with E-state index in [1.165, 1.54) is 39.2 Å². The molecule has 0 aliphatic heterocycles. The number of carbonyl (C=O) groups excluding carboxylic acids is 1. The Balaban J connectivity index is 1.86. The van der Waals surface area contributed by atoms with Gasteiger partial charge in [0.05, 0.1) is 7.11 Å². The zero-order valence-corrected chi connectivity index (χ0v) is 9.57. The van der Waals surface area contributed by atoms with Crippen molar-refractivity contribution < 1.29 is 9.53 Å². The van der Waals surface area contributed by atoms with Crippen LogP contribution < -0.4 is 0 Å². The zero-order valence-electron chi connectivity index (χ0n) is 8.75.